The van der Waals surface area contributed by atoms with Crippen molar-refractivity contribution in [3.05, 3.63) is 11.4 Å². The third-order valence-corrected chi connectivity index (χ3v) is 6.92. The van der Waals surface area contributed by atoms with Gasteiger partial charge in [0.15, 0.2) is 6.10 Å². The minimum absolute atomic E-state index is 0.0000795. The lowest BCUT2D eigenvalue weighted by Gasteiger charge is -2.53. The summed E-state index contributed by atoms with van der Waals surface area (Å²) in [6.45, 7) is 5.42. The average Bonchev–Trinajstić information content (AvgIpc) is 2.80. The molecule has 5 rings (SSSR count). The molecule has 0 aliphatic heterocycles. The zero-order valence-corrected chi connectivity index (χ0v) is 16.1. The van der Waals surface area contributed by atoms with Crippen molar-refractivity contribution in [3.63, 3.8) is 0 Å². The van der Waals surface area contributed by atoms with Crippen LogP contribution in [0.1, 0.15) is 50.4 Å². The normalized spacial score (nSPS) is 33.2. The van der Waals surface area contributed by atoms with Crippen LogP contribution in [-0.4, -0.2) is 27.8 Å². The molecule has 4 aliphatic rings. The van der Waals surface area contributed by atoms with Crippen molar-refractivity contribution < 1.29 is 14.3 Å². The summed E-state index contributed by atoms with van der Waals surface area (Å²) in [6.07, 6.45) is 5.24. The molecule has 0 unspecified atom stereocenters. The molecule has 1 aromatic heterocycles. The highest BCUT2D eigenvalue weighted by Crippen LogP contribution is 2.56. The maximum absolute atomic E-state index is 12.8. The molecule has 1 amide bonds. The van der Waals surface area contributed by atoms with Crippen LogP contribution in [0.25, 0.3) is 0 Å². The standard InChI is InChI=1S/C20H29N3O3/c1-10-18(11(2)23(4)22-10)21-19(24)12(3)26-20(25)17-15-6-13-5-14(8-15)9-16(17)7-13/h12-17H,5-9H2,1-4H3,(H,21,24)/t12-,13?,14?,15?,16?,17?/m1/s1. The van der Waals surface area contributed by atoms with Gasteiger partial charge in [0, 0.05) is 7.05 Å². The first-order valence-electron chi connectivity index (χ1n) is 9.85. The van der Waals surface area contributed by atoms with Gasteiger partial charge < -0.3 is 10.1 Å². The molecule has 4 bridgehead atoms. The van der Waals surface area contributed by atoms with E-state index in [9.17, 15) is 9.59 Å². The topological polar surface area (TPSA) is 73.2 Å². The largest absolute Gasteiger partial charge is 0.452 e. The van der Waals surface area contributed by atoms with E-state index in [0.717, 1.165) is 23.2 Å². The fraction of sp³-hybridized carbons (Fsp3) is 0.750. The van der Waals surface area contributed by atoms with Crippen LogP contribution < -0.4 is 5.32 Å². The van der Waals surface area contributed by atoms with E-state index in [1.165, 1.54) is 32.1 Å². The van der Waals surface area contributed by atoms with Crippen LogP contribution in [0.2, 0.25) is 0 Å². The molecule has 0 aromatic carbocycles. The first kappa shape index (κ1) is 17.6. The molecule has 4 fully saturated rings. The third kappa shape index (κ3) is 2.93. The predicted molar refractivity (Wildman–Crippen MR) is 97.4 cm³/mol. The van der Waals surface area contributed by atoms with Crippen LogP contribution in [0.3, 0.4) is 0 Å². The van der Waals surface area contributed by atoms with E-state index in [1.54, 1.807) is 11.6 Å². The highest BCUT2D eigenvalue weighted by molar-refractivity contribution is 5.96. The van der Waals surface area contributed by atoms with E-state index in [2.05, 4.69) is 10.4 Å². The van der Waals surface area contributed by atoms with Crippen molar-refractivity contribution in [2.24, 2.45) is 36.6 Å². The second kappa shape index (κ2) is 6.39. The molecule has 4 aliphatic carbocycles. The number of nitrogens with one attached hydrogen (secondary N) is 1. The van der Waals surface area contributed by atoms with Crippen LogP contribution >= 0.6 is 0 Å². The molecule has 6 heteroatoms. The lowest BCUT2D eigenvalue weighted by atomic mass is 9.52. The summed E-state index contributed by atoms with van der Waals surface area (Å²) >= 11 is 0. The fourth-order valence-electron chi connectivity index (χ4n) is 5.80. The summed E-state index contributed by atoms with van der Waals surface area (Å²) in [6, 6.07) is 0. The number of nitrogens with zero attached hydrogens (tertiary/aromatic N) is 2. The molecule has 26 heavy (non-hydrogen) atoms. The number of aromatic nitrogens is 2. The van der Waals surface area contributed by atoms with Crippen LogP contribution in [-0.2, 0) is 21.4 Å². The van der Waals surface area contributed by atoms with E-state index < -0.39 is 6.10 Å². The molecule has 0 radical (unpaired) electrons. The average molecular weight is 359 g/mol. The van der Waals surface area contributed by atoms with Gasteiger partial charge in [0.1, 0.15) is 0 Å². The smallest absolute Gasteiger partial charge is 0.310 e. The highest BCUT2D eigenvalue weighted by Gasteiger charge is 2.51. The number of rotatable bonds is 4. The van der Waals surface area contributed by atoms with Gasteiger partial charge in [-0.15, -0.1) is 0 Å². The number of ether oxygens (including phenoxy) is 1. The number of hydrogen-bond donors (Lipinski definition) is 1. The predicted octanol–water partition coefficient (Wildman–Crippen LogP) is 2.98. The molecular weight excluding hydrogens is 330 g/mol. The first-order valence-corrected chi connectivity index (χ1v) is 9.85. The second-order valence-corrected chi connectivity index (χ2v) is 8.69. The van der Waals surface area contributed by atoms with Crippen LogP contribution in [0.5, 0.6) is 0 Å². The molecule has 0 saturated heterocycles. The number of carbonyl (C=O) groups is 2. The number of anilines is 1. The minimum Gasteiger partial charge on any atom is -0.452 e. The Morgan fingerprint density at radius 2 is 1.69 bits per heavy atom. The maximum atomic E-state index is 12.8. The Balaban J connectivity index is 1.39. The first-order chi connectivity index (χ1) is 12.3. The van der Waals surface area contributed by atoms with Crippen LogP contribution in [0.15, 0.2) is 0 Å². The van der Waals surface area contributed by atoms with Gasteiger partial charge in [-0.3, -0.25) is 14.3 Å². The highest BCUT2D eigenvalue weighted by atomic mass is 16.5. The molecule has 1 aromatic rings. The summed E-state index contributed by atoms with van der Waals surface area (Å²) in [5.41, 5.74) is 2.35. The van der Waals surface area contributed by atoms with Crippen molar-refractivity contribution >= 4 is 17.6 Å². The molecule has 0 spiro atoms. The fourth-order valence-corrected chi connectivity index (χ4v) is 5.80. The summed E-state index contributed by atoms with van der Waals surface area (Å²) in [5.74, 6) is 2.12. The number of aryl methyl sites for hydroxylation is 2. The van der Waals surface area contributed by atoms with Crippen molar-refractivity contribution in [3.8, 4) is 0 Å². The quantitative estimate of drug-likeness (QED) is 0.839. The zero-order chi connectivity index (χ0) is 18.6. The van der Waals surface area contributed by atoms with E-state index in [4.69, 9.17) is 4.74 Å². The Morgan fingerprint density at radius 3 is 2.19 bits per heavy atom. The second-order valence-electron chi connectivity index (χ2n) is 8.69. The number of amides is 1. The van der Waals surface area contributed by atoms with Gasteiger partial charge in [0.05, 0.1) is 23.0 Å². The summed E-state index contributed by atoms with van der Waals surface area (Å²) in [4.78, 5) is 25.3. The number of esters is 1. The van der Waals surface area contributed by atoms with Gasteiger partial charge in [-0.25, -0.2) is 0 Å². The Kier molecular flexibility index (Phi) is 4.32. The number of carbonyl (C=O) groups excluding carboxylic acids is 2. The van der Waals surface area contributed by atoms with Gasteiger partial charge in [-0.2, -0.15) is 5.10 Å². The molecule has 1 heterocycles. The monoisotopic (exact) mass is 359 g/mol. The van der Waals surface area contributed by atoms with Crippen LogP contribution in [0.4, 0.5) is 5.69 Å². The SMILES string of the molecule is Cc1nn(C)c(C)c1NC(=O)[C@@H](C)OC(=O)C1C2CC3CC(C2)CC1C3. The molecule has 6 nitrogen and oxygen atoms in total. The Labute approximate surface area is 154 Å². The number of hydrogen-bond acceptors (Lipinski definition) is 4. The Morgan fingerprint density at radius 1 is 1.12 bits per heavy atom. The lowest BCUT2D eigenvalue weighted by molar-refractivity contribution is -0.169. The molecule has 142 valence electrons. The van der Waals surface area contributed by atoms with Gasteiger partial charge in [0.2, 0.25) is 0 Å². The van der Waals surface area contributed by atoms with Crippen LogP contribution in [0, 0.1) is 43.4 Å². The third-order valence-electron chi connectivity index (χ3n) is 6.92. The van der Waals surface area contributed by atoms with Crippen molar-refractivity contribution in [2.75, 3.05) is 5.32 Å². The zero-order valence-electron chi connectivity index (χ0n) is 16.1. The van der Waals surface area contributed by atoms with Crippen molar-refractivity contribution in [2.45, 2.75) is 59.0 Å². The van der Waals surface area contributed by atoms with E-state index in [-0.39, 0.29) is 17.8 Å². The van der Waals surface area contributed by atoms with Gasteiger partial charge >= 0.3 is 5.97 Å². The Hall–Kier alpha value is -1.85. The maximum Gasteiger partial charge on any atom is 0.310 e. The van der Waals surface area contributed by atoms with E-state index in [1.807, 2.05) is 20.9 Å². The Bertz CT molecular complexity index is 711. The summed E-state index contributed by atoms with van der Waals surface area (Å²) in [7, 11) is 1.84. The lowest BCUT2D eigenvalue weighted by Crippen LogP contribution is -2.49. The van der Waals surface area contributed by atoms with Crippen molar-refractivity contribution in [1.29, 1.82) is 0 Å². The molecule has 4 saturated carbocycles. The minimum atomic E-state index is -0.793. The molecule has 1 atom stereocenters. The molecule has 1 N–H and O–H groups in total. The van der Waals surface area contributed by atoms with E-state index >= 15 is 0 Å². The molecular formula is C20H29N3O3. The van der Waals surface area contributed by atoms with Gasteiger partial charge in [-0.05, 0) is 76.5 Å². The van der Waals surface area contributed by atoms with Crippen molar-refractivity contribution in [1.82, 2.24) is 9.78 Å². The summed E-state index contributed by atoms with van der Waals surface area (Å²) < 4.78 is 7.35. The van der Waals surface area contributed by atoms with Gasteiger partial charge in [0.25, 0.3) is 5.91 Å². The van der Waals surface area contributed by atoms with Gasteiger partial charge in [-0.1, -0.05) is 0 Å². The summed E-state index contributed by atoms with van der Waals surface area (Å²) in [5, 5.41) is 7.17. The van der Waals surface area contributed by atoms with E-state index in [0.29, 0.717) is 17.5 Å².